The van der Waals surface area contributed by atoms with Gasteiger partial charge in [-0.3, -0.25) is 11.8 Å². The second-order valence-corrected chi connectivity index (χ2v) is 3.88. The maximum Gasteiger partial charge on any atom is 0.188 e. The molecule has 0 aliphatic heterocycles. The molecule has 2 aromatic rings. The zero-order chi connectivity index (χ0) is 13.0. The first-order chi connectivity index (χ1) is 8.76. The van der Waals surface area contributed by atoms with Crippen LogP contribution in [0, 0.1) is 51.1 Å². The Labute approximate surface area is 148 Å². The molecule has 3 nitrogen and oxygen atoms in total. The number of ketones is 1. The monoisotopic (exact) mass is 467 g/mol. The van der Waals surface area contributed by atoms with Crippen LogP contribution in [0.4, 0.5) is 5.69 Å². The first-order valence-corrected chi connectivity index (χ1v) is 5.63. The zero-order valence-electron chi connectivity index (χ0n) is 10.5. The van der Waals surface area contributed by atoms with Crippen LogP contribution in [0.1, 0.15) is 10.4 Å². The van der Waals surface area contributed by atoms with Crippen molar-refractivity contribution in [1.82, 2.24) is 0 Å². The van der Waals surface area contributed by atoms with Crippen molar-refractivity contribution in [2.45, 2.75) is 0 Å². The summed E-state index contributed by atoms with van der Waals surface area (Å²) in [7, 11) is 3.58. The van der Waals surface area contributed by atoms with Gasteiger partial charge in [0.25, 0.3) is 0 Å². The Morgan fingerprint density at radius 1 is 1.11 bits per heavy atom. The standard InChI is InChI=1S/C15H14NO2.Ac/c1-16-12-8-6-11(7-9-12)13-4-2-3-5-14(13)15(18)10-17;/h2-9,16-17H,1,10H2;/q-1;. The number of anilines is 1. The van der Waals surface area contributed by atoms with Gasteiger partial charge >= 0.3 is 0 Å². The van der Waals surface area contributed by atoms with E-state index in [-0.39, 0.29) is 49.8 Å². The summed E-state index contributed by atoms with van der Waals surface area (Å²) in [6.45, 7) is -0.477. The number of rotatable bonds is 4. The van der Waals surface area contributed by atoms with Crippen molar-refractivity contribution in [3.63, 3.8) is 0 Å². The summed E-state index contributed by atoms with van der Waals surface area (Å²) < 4.78 is 0. The first kappa shape index (κ1) is 16.4. The Balaban J connectivity index is 0.00000180. The molecule has 0 fully saturated rings. The summed E-state index contributed by atoms with van der Waals surface area (Å²) in [5, 5.41) is 11.8. The van der Waals surface area contributed by atoms with E-state index in [1.54, 1.807) is 12.1 Å². The van der Waals surface area contributed by atoms with Crippen LogP contribution in [-0.4, -0.2) is 17.5 Å². The van der Waals surface area contributed by atoms with Gasteiger partial charge in [0, 0.05) is 55.3 Å². The van der Waals surface area contributed by atoms with Gasteiger partial charge in [-0.05, 0) is 23.3 Å². The molecule has 0 bridgehead atoms. The van der Waals surface area contributed by atoms with E-state index in [9.17, 15) is 4.79 Å². The molecule has 0 heterocycles. The number of hydrogen-bond acceptors (Lipinski definition) is 3. The molecule has 0 unspecified atom stereocenters. The van der Waals surface area contributed by atoms with E-state index in [0.29, 0.717) is 5.56 Å². The number of aliphatic hydroxyl groups is 1. The molecule has 95 valence electrons. The number of benzene rings is 2. The molecule has 2 aromatic carbocycles. The number of Topliss-reactive ketones (excluding diaryl/α,β-unsaturated/α-hetero) is 1. The van der Waals surface area contributed by atoms with Crippen molar-refractivity contribution in [2.24, 2.45) is 0 Å². The van der Waals surface area contributed by atoms with Crippen LogP contribution in [0.2, 0.25) is 0 Å². The Hall–Kier alpha value is -0.688. The van der Waals surface area contributed by atoms with Gasteiger partial charge in [0.05, 0.1) is 0 Å². The summed E-state index contributed by atoms with van der Waals surface area (Å²) in [5.41, 5.74) is 3.21. The maximum atomic E-state index is 11.7. The number of nitrogens with one attached hydrogen (secondary N) is 1. The average molecular weight is 467 g/mol. The number of hydrogen-bond donors (Lipinski definition) is 2. The third-order valence-corrected chi connectivity index (χ3v) is 2.77. The van der Waals surface area contributed by atoms with Gasteiger partial charge < -0.3 is 10.4 Å². The molecule has 1 radical (unpaired) electrons. The average Bonchev–Trinajstić information content (AvgIpc) is 2.46. The number of carbonyl (C=O) groups excluding carboxylic acids is 1. The molecule has 4 heteroatoms. The van der Waals surface area contributed by atoms with Gasteiger partial charge in [0.2, 0.25) is 0 Å². The van der Waals surface area contributed by atoms with Crippen molar-refractivity contribution in [3.8, 4) is 11.1 Å². The number of aliphatic hydroxyl groups excluding tert-OH is 1. The molecule has 2 rings (SSSR count). The predicted octanol–water partition coefficient (Wildman–Crippen LogP) is 2.73. The molecular weight excluding hydrogens is 453 g/mol. The molecule has 19 heavy (non-hydrogen) atoms. The smallest absolute Gasteiger partial charge is 0.188 e. The Morgan fingerprint density at radius 3 is 2.32 bits per heavy atom. The molecule has 0 amide bonds. The van der Waals surface area contributed by atoms with Crippen LogP contribution in [0.3, 0.4) is 0 Å². The molecule has 0 saturated carbocycles. The van der Waals surface area contributed by atoms with Gasteiger partial charge in [0.15, 0.2) is 5.78 Å². The molecule has 2 N–H and O–H groups in total. The predicted molar refractivity (Wildman–Crippen MR) is 72.3 cm³/mol. The van der Waals surface area contributed by atoms with E-state index in [1.165, 1.54) is 0 Å². The fourth-order valence-electron chi connectivity index (χ4n) is 1.83. The second-order valence-electron chi connectivity index (χ2n) is 3.88. The van der Waals surface area contributed by atoms with E-state index >= 15 is 0 Å². The molecule has 0 aliphatic carbocycles. The maximum absolute atomic E-state index is 11.7. The fourth-order valence-corrected chi connectivity index (χ4v) is 1.83. The zero-order valence-corrected chi connectivity index (χ0v) is 15.2. The van der Waals surface area contributed by atoms with Crippen LogP contribution in [0.25, 0.3) is 11.1 Å². The molecule has 0 saturated heterocycles. The van der Waals surface area contributed by atoms with E-state index in [0.717, 1.165) is 16.8 Å². The van der Waals surface area contributed by atoms with E-state index in [1.807, 2.05) is 36.4 Å². The van der Waals surface area contributed by atoms with E-state index < -0.39 is 6.61 Å². The van der Waals surface area contributed by atoms with Crippen molar-refractivity contribution in [1.29, 1.82) is 0 Å². The van der Waals surface area contributed by atoms with E-state index in [4.69, 9.17) is 5.11 Å². The van der Waals surface area contributed by atoms with Crippen molar-refractivity contribution in [3.05, 3.63) is 61.1 Å². The first-order valence-electron chi connectivity index (χ1n) is 5.63. The van der Waals surface area contributed by atoms with E-state index in [2.05, 4.69) is 12.4 Å². The summed E-state index contributed by atoms with van der Waals surface area (Å²) in [6.07, 6.45) is 0. The van der Waals surface area contributed by atoms with Gasteiger partial charge in [-0.15, -0.1) is 0 Å². The normalized spacial score (nSPS) is 9.58. The van der Waals surface area contributed by atoms with Crippen molar-refractivity contribution in [2.75, 3.05) is 11.9 Å². The quantitative estimate of drug-likeness (QED) is 0.538. The largest absolute Gasteiger partial charge is 0.538 e. The minimum absolute atomic E-state index is 0. The molecule has 0 aromatic heterocycles. The Morgan fingerprint density at radius 2 is 1.74 bits per heavy atom. The van der Waals surface area contributed by atoms with Gasteiger partial charge in [-0.2, -0.15) is 0 Å². The van der Waals surface area contributed by atoms with Gasteiger partial charge in [0.1, 0.15) is 6.61 Å². The minimum Gasteiger partial charge on any atom is -0.538 e. The minimum atomic E-state index is -0.477. The topological polar surface area (TPSA) is 49.3 Å². The molecule has 0 spiro atoms. The molecule has 0 aliphatic rings. The third-order valence-electron chi connectivity index (χ3n) is 2.77. The van der Waals surface area contributed by atoms with Crippen LogP contribution < -0.4 is 5.32 Å². The summed E-state index contributed by atoms with van der Waals surface area (Å²) >= 11 is 0. The second kappa shape index (κ2) is 7.79. The van der Waals surface area contributed by atoms with Gasteiger partial charge in [-0.1, -0.05) is 36.4 Å². The fraction of sp³-hybridized carbons (Fsp3) is 0.0667. The van der Waals surface area contributed by atoms with Crippen LogP contribution in [-0.2, 0) is 0 Å². The molecular formula is C15H14AcNO2-. The van der Waals surface area contributed by atoms with Crippen molar-refractivity contribution < 1.29 is 54.0 Å². The Bertz CT molecular complexity index is 552. The Kier molecular flexibility index (Phi) is 6.71. The third kappa shape index (κ3) is 3.89. The summed E-state index contributed by atoms with van der Waals surface area (Å²) in [6, 6.07) is 14.9. The van der Waals surface area contributed by atoms with Crippen LogP contribution >= 0.6 is 0 Å². The summed E-state index contributed by atoms with van der Waals surface area (Å²) in [4.78, 5) is 11.7. The van der Waals surface area contributed by atoms with Crippen LogP contribution in [0.15, 0.2) is 48.5 Å². The summed E-state index contributed by atoms with van der Waals surface area (Å²) in [5.74, 6) is -0.273. The molecule has 0 atom stereocenters. The number of carbonyl (C=O) groups is 1. The van der Waals surface area contributed by atoms with Gasteiger partial charge in [-0.25, -0.2) is 0 Å². The van der Waals surface area contributed by atoms with Crippen molar-refractivity contribution >= 4 is 11.5 Å². The van der Waals surface area contributed by atoms with Crippen LogP contribution in [0.5, 0.6) is 0 Å². The SMILES string of the molecule is [Ac].[CH2-]Nc1ccc(-c2ccccc2C(=O)CO)cc1.